The fraction of sp³-hybridized carbons (Fsp3) is 0.0400. The number of amides is 2. The van der Waals surface area contributed by atoms with E-state index in [-0.39, 0.29) is 23.6 Å². The van der Waals surface area contributed by atoms with Gasteiger partial charge >= 0.3 is 0 Å². The van der Waals surface area contributed by atoms with Crippen LogP contribution in [0.3, 0.4) is 0 Å². The monoisotopic (exact) mass is 486 g/mol. The van der Waals surface area contributed by atoms with E-state index in [0.29, 0.717) is 37.0 Å². The molecular formula is C25H15ClN4O3S. The first kappa shape index (κ1) is 20.6. The number of benzene rings is 3. The van der Waals surface area contributed by atoms with Crippen LogP contribution in [0.5, 0.6) is 0 Å². The van der Waals surface area contributed by atoms with Crippen molar-refractivity contribution in [2.24, 2.45) is 0 Å². The van der Waals surface area contributed by atoms with Crippen molar-refractivity contribution in [3.63, 3.8) is 0 Å². The Hall–Kier alpha value is -4.01. The first-order chi connectivity index (χ1) is 16.5. The molecule has 9 heteroatoms. The van der Waals surface area contributed by atoms with Crippen LogP contribution in [-0.2, 0) is 9.59 Å². The predicted molar refractivity (Wildman–Crippen MR) is 133 cm³/mol. The van der Waals surface area contributed by atoms with Crippen molar-refractivity contribution in [1.29, 1.82) is 0 Å². The maximum atomic E-state index is 13.5. The summed E-state index contributed by atoms with van der Waals surface area (Å²) in [6, 6.07) is 21.3. The number of hydrogen-bond donors (Lipinski definition) is 1. The Morgan fingerprint density at radius 1 is 1.00 bits per heavy atom. The molecule has 0 spiro atoms. The molecule has 7 nitrogen and oxygen atoms in total. The zero-order valence-corrected chi connectivity index (χ0v) is 19.1. The third-order valence-electron chi connectivity index (χ3n) is 5.68. The Bertz CT molecular complexity index is 1760. The number of fused-ring (bicyclic) bond motifs is 4. The van der Waals surface area contributed by atoms with Crippen LogP contribution < -0.4 is 20.3 Å². The van der Waals surface area contributed by atoms with E-state index in [9.17, 15) is 14.4 Å². The first-order valence-corrected chi connectivity index (χ1v) is 11.6. The lowest BCUT2D eigenvalue weighted by molar-refractivity contribution is -0.118. The maximum absolute atomic E-state index is 13.5. The number of hydrogen-bond acceptors (Lipinski definition) is 5. The van der Waals surface area contributed by atoms with Crippen molar-refractivity contribution in [3.05, 3.63) is 98.3 Å². The number of para-hydroxylation sites is 3. The highest BCUT2D eigenvalue weighted by molar-refractivity contribution is 7.15. The number of imidazole rings is 1. The third-order valence-corrected chi connectivity index (χ3v) is 6.96. The summed E-state index contributed by atoms with van der Waals surface area (Å²) in [6.45, 7) is -0.203. The van der Waals surface area contributed by atoms with Crippen molar-refractivity contribution in [2.75, 3.05) is 16.8 Å². The fourth-order valence-corrected chi connectivity index (χ4v) is 5.50. The van der Waals surface area contributed by atoms with Gasteiger partial charge in [0.15, 0.2) is 4.96 Å². The predicted octanol–water partition coefficient (Wildman–Crippen LogP) is 3.47. The molecule has 6 rings (SSSR count). The molecule has 0 saturated carbocycles. The Morgan fingerprint density at radius 2 is 1.79 bits per heavy atom. The summed E-state index contributed by atoms with van der Waals surface area (Å²) in [5, 5.41) is 3.26. The SMILES string of the molecule is O=C(CN1C(=O)C(=c2sc3nc4ccccc4n3c2=O)c2ccccc21)Nc1cccc(Cl)c1. The number of thiazole rings is 1. The molecule has 0 aliphatic carbocycles. The van der Waals surface area contributed by atoms with Crippen LogP contribution in [0.4, 0.5) is 11.4 Å². The van der Waals surface area contributed by atoms with E-state index < -0.39 is 5.91 Å². The number of anilines is 2. The van der Waals surface area contributed by atoms with Crippen molar-refractivity contribution >= 4 is 67.7 Å². The van der Waals surface area contributed by atoms with Crippen LogP contribution >= 0.6 is 22.9 Å². The Morgan fingerprint density at radius 3 is 2.65 bits per heavy atom. The van der Waals surface area contributed by atoms with Gasteiger partial charge in [0.1, 0.15) is 11.1 Å². The first-order valence-electron chi connectivity index (χ1n) is 10.4. The fourth-order valence-electron chi connectivity index (χ4n) is 4.23. The van der Waals surface area contributed by atoms with Gasteiger partial charge in [0.25, 0.3) is 11.5 Å². The van der Waals surface area contributed by atoms with Crippen LogP contribution in [0, 0.1) is 0 Å². The van der Waals surface area contributed by atoms with Gasteiger partial charge in [-0.25, -0.2) is 9.38 Å². The summed E-state index contributed by atoms with van der Waals surface area (Å²) < 4.78 is 1.84. The molecule has 0 radical (unpaired) electrons. The van der Waals surface area contributed by atoms with Crippen LogP contribution in [0.15, 0.2) is 77.6 Å². The number of halogens is 1. The van der Waals surface area contributed by atoms with E-state index in [0.717, 1.165) is 5.52 Å². The maximum Gasteiger partial charge on any atom is 0.275 e. The minimum absolute atomic E-state index is 0.203. The van der Waals surface area contributed by atoms with Gasteiger partial charge in [-0.05, 0) is 36.4 Å². The molecule has 166 valence electrons. The normalized spacial score (nSPS) is 14.7. The molecule has 2 aromatic heterocycles. The Balaban J connectivity index is 1.45. The molecule has 5 aromatic rings. The van der Waals surface area contributed by atoms with E-state index in [1.54, 1.807) is 48.5 Å². The summed E-state index contributed by atoms with van der Waals surface area (Å²) >= 11 is 7.18. The van der Waals surface area contributed by atoms with E-state index in [1.165, 1.54) is 20.6 Å². The smallest absolute Gasteiger partial charge is 0.275 e. The Labute approximate surface area is 201 Å². The lowest BCUT2D eigenvalue weighted by Crippen LogP contribution is -2.37. The third kappa shape index (κ3) is 3.19. The number of nitrogens with one attached hydrogen (secondary N) is 1. The van der Waals surface area contributed by atoms with E-state index in [1.807, 2.05) is 24.3 Å². The number of aromatic nitrogens is 2. The van der Waals surface area contributed by atoms with E-state index in [2.05, 4.69) is 10.3 Å². The molecule has 3 heterocycles. The van der Waals surface area contributed by atoms with Gasteiger partial charge in [-0.3, -0.25) is 19.3 Å². The highest BCUT2D eigenvalue weighted by Gasteiger charge is 2.35. The molecule has 34 heavy (non-hydrogen) atoms. The zero-order chi connectivity index (χ0) is 23.4. The molecule has 0 saturated heterocycles. The van der Waals surface area contributed by atoms with Gasteiger partial charge in [0.2, 0.25) is 5.91 Å². The van der Waals surface area contributed by atoms with Gasteiger partial charge in [0, 0.05) is 16.3 Å². The average molecular weight is 487 g/mol. The van der Waals surface area contributed by atoms with Gasteiger partial charge in [-0.1, -0.05) is 59.3 Å². The van der Waals surface area contributed by atoms with Crippen LogP contribution in [0.1, 0.15) is 5.56 Å². The topological polar surface area (TPSA) is 83.8 Å². The molecule has 0 bridgehead atoms. The second-order valence-electron chi connectivity index (χ2n) is 7.80. The highest BCUT2D eigenvalue weighted by Crippen LogP contribution is 2.35. The van der Waals surface area contributed by atoms with Crippen molar-refractivity contribution < 1.29 is 9.59 Å². The molecular weight excluding hydrogens is 472 g/mol. The summed E-state index contributed by atoms with van der Waals surface area (Å²) in [7, 11) is 0. The minimum atomic E-state index is -0.395. The molecule has 0 atom stereocenters. The van der Waals surface area contributed by atoms with Crippen LogP contribution in [0.2, 0.25) is 5.02 Å². The standard InChI is InChI=1S/C25H15ClN4O3S/c26-14-6-5-7-15(12-14)27-20(31)13-29-18-10-3-1-8-16(18)21(23(29)32)22-24(33)30-19-11-4-2-9-17(19)28-25(30)34-22/h1-12H,13H2,(H,27,31). The molecule has 3 aromatic carbocycles. The summed E-state index contributed by atoms with van der Waals surface area (Å²) in [6.07, 6.45) is 0. The second kappa shape index (κ2) is 7.79. The minimum Gasteiger partial charge on any atom is -0.324 e. The van der Waals surface area contributed by atoms with Gasteiger partial charge < -0.3 is 5.32 Å². The van der Waals surface area contributed by atoms with Gasteiger partial charge in [-0.15, -0.1) is 0 Å². The average Bonchev–Trinajstić information content (AvgIpc) is 3.43. The number of rotatable bonds is 3. The van der Waals surface area contributed by atoms with E-state index >= 15 is 0 Å². The molecule has 0 unspecified atom stereocenters. The largest absolute Gasteiger partial charge is 0.324 e. The lowest BCUT2D eigenvalue weighted by atomic mass is 10.1. The lowest BCUT2D eigenvalue weighted by Gasteiger charge is -2.16. The van der Waals surface area contributed by atoms with Crippen LogP contribution in [-0.4, -0.2) is 27.7 Å². The molecule has 1 aliphatic heterocycles. The summed E-state index contributed by atoms with van der Waals surface area (Å²) in [5.74, 6) is -0.769. The van der Waals surface area contributed by atoms with E-state index in [4.69, 9.17) is 11.6 Å². The van der Waals surface area contributed by atoms with Crippen molar-refractivity contribution in [1.82, 2.24) is 9.38 Å². The summed E-state index contributed by atoms with van der Waals surface area (Å²) in [5.41, 5.74) is 3.15. The number of nitrogens with zero attached hydrogens (tertiary/aromatic N) is 3. The summed E-state index contributed by atoms with van der Waals surface area (Å²) in [4.78, 5) is 46.2. The molecule has 1 aliphatic rings. The Kier molecular flexibility index (Phi) is 4.72. The van der Waals surface area contributed by atoms with Crippen molar-refractivity contribution in [3.8, 4) is 0 Å². The molecule has 2 amide bonds. The molecule has 0 fully saturated rings. The highest BCUT2D eigenvalue weighted by atomic mass is 35.5. The number of carbonyl (C=O) groups excluding carboxylic acids is 2. The second-order valence-corrected chi connectivity index (χ2v) is 9.21. The van der Waals surface area contributed by atoms with Gasteiger partial charge in [-0.2, -0.15) is 0 Å². The number of carbonyl (C=O) groups is 2. The molecule has 1 N–H and O–H groups in total. The van der Waals surface area contributed by atoms with Crippen LogP contribution in [0.25, 0.3) is 21.6 Å². The van der Waals surface area contributed by atoms with Gasteiger partial charge in [0.05, 0.1) is 22.3 Å². The van der Waals surface area contributed by atoms with Crippen molar-refractivity contribution in [2.45, 2.75) is 0 Å². The zero-order valence-electron chi connectivity index (χ0n) is 17.5. The quantitative estimate of drug-likeness (QED) is 0.423.